The van der Waals surface area contributed by atoms with Gasteiger partial charge in [-0.2, -0.15) is 0 Å². The van der Waals surface area contributed by atoms with Crippen LogP contribution < -0.4 is 5.56 Å². The number of nitrogens with one attached hydrogen (secondary N) is 1. The van der Waals surface area contributed by atoms with E-state index in [1.807, 2.05) is 9.80 Å². The van der Waals surface area contributed by atoms with Gasteiger partial charge in [0.25, 0.3) is 5.56 Å². The van der Waals surface area contributed by atoms with Crippen LogP contribution in [0.2, 0.25) is 0 Å². The fourth-order valence-electron chi connectivity index (χ4n) is 5.35. The topological polar surface area (TPSA) is 86.4 Å². The molecule has 1 N–H and O–H groups in total. The van der Waals surface area contributed by atoms with E-state index in [1.165, 1.54) is 35.0 Å². The fourth-order valence-corrected chi connectivity index (χ4v) is 7.42. The van der Waals surface area contributed by atoms with E-state index in [2.05, 4.69) is 4.98 Å². The van der Waals surface area contributed by atoms with Gasteiger partial charge in [-0.3, -0.25) is 14.4 Å². The van der Waals surface area contributed by atoms with Crippen LogP contribution in [0.15, 0.2) is 4.79 Å². The van der Waals surface area contributed by atoms with Crippen molar-refractivity contribution in [2.24, 2.45) is 5.92 Å². The maximum absolute atomic E-state index is 12.7. The Labute approximate surface area is 202 Å². The highest BCUT2D eigenvalue weighted by Crippen LogP contribution is 2.33. The predicted octanol–water partition coefficient (Wildman–Crippen LogP) is 3.35. The summed E-state index contributed by atoms with van der Waals surface area (Å²) >= 11 is 3.15. The van der Waals surface area contributed by atoms with Crippen LogP contribution in [0.4, 0.5) is 0 Å². The Kier molecular flexibility index (Phi) is 7.06. The predicted molar refractivity (Wildman–Crippen MR) is 133 cm³/mol. The zero-order chi connectivity index (χ0) is 22.8. The van der Waals surface area contributed by atoms with Crippen molar-refractivity contribution in [3.63, 3.8) is 0 Å². The highest BCUT2D eigenvalue weighted by atomic mass is 32.2. The molecule has 0 bridgehead atoms. The molecule has 9 heteroatoms. The number of hydrogen-bond acceptors (Lipinski definition) is 6. The number of H-pyrrole nitrogens is 1. The molecule has 0 spiro atoms. The number of nitrogens with zero attached hydrogens (tertiary/aromatic N) is 3. The average Bonchev–Trinajstić information content (AvgIpc) is 3.23. The number of rotatable bonds is 5. The minimum Gasteiger partial charge on any atom is -0.342 e. The number of piperidine rings is 2. The van der Waals surface area contributed by atoms with Crippen LogP contribution in [0.25, 0.3) is 10.2 Å². The summed E-state index contributed by atoms with van der Waals surface area (Å²) in [6.45, 7) is 3.10. The summed E-state index contributed by atoms with van der Waals surface area (Å²) in [4.78, 5) is 51.8. The molecule has 2 saturated heterocycles. The molecule has 0 atom stereocenters. The molecule has 2 aromatic heterocycles. The van der Waals surface area contributed by atoms with E-state index in [-0.39, 0.29) is 23.3 Å². The average molecular weight is 489 g/mol. The Hall–Kier alpha value is -1.87. The number of fused-ring (bicyclic) bond motifs is 3. The van der Waals surface area contributed by atoms with Gasteiger partial charge in [0.15, 0.2) is 0 Å². The van der Waals surface area contributed by atoms with Gasteiger partial charge in [0.2, 0.25) is 11.8 Å². The van der Waals surface area contributed by atoms with Crippen molar-refractivity contribution in [2.75, 3.05) is 31.9 Å². The lowest BCUT2D eigenvalue weighted by molar-refractivity contribution is -0.140. The normalized spacial score (nSPS) is 19.6. The first-order valence-corrected chi connectivity index (χ1v) is 14.2. The van der Waals surface area contributed by atoms with Gasteiger partial charge in [-0.25, -0.2) is 4.98 Å². The fraction of sp³-hybridized carbons (Fsp3) is 0.667. The third kappa shape index (κ3) is 4.99. The summed E-state index contributed by atoms with van der Waals surface area (Å²) in [5, 5.41) is 0.779. The molecule has 0 saturated carbocycles. The first-order chi connectivity index (χ1) is 16.1. The lowest BCUT2D eigenvalue weighted by Gasteiger charge is -2.35. The van der Waals surface area contributed by atoms with Crippen molar-refractivity contribution in [3.05, 3.63) is 26.6 Å². The Morgan fingerprint density at radius 2 is 1.76 bits per heavy atom. The van der Waals surface area contributed by atoms with Crippen molar-refractivity contribution < 1.29 is 9.59 Å². The Morgan fingerprint density at radius 1 is 1.00 bits per heavy atom. The van der Waals surface area contributed by atoms with Gasteiger partial charge in [-0.05, 0) is 63.4 Å². The highest BCUT2D eigenvalue weighted by molar-refractivity contribution is 7.99. The molecule has 2 aromatic rings. The number of hydrogen-bond donors (Lipinski definition) is 1. The molecule has 2 aliphatic heterocycles. The number of carbonyl (C=O) groups is 2. The number of likely N-dealkylation sites (tertiary alicyclic amines) is 2. The molecule has 2 fully saturated rings. The zero-order valence-electron chi connectivity index (χ0n) is 19.1. The second-order valence-corrected chi connectivity index (χ2v) is 11.5. The summed E-state index contributed by atoms with van der Waals surface area (Å²) in [7, 11) is 0. The van der Waals surface area contributed by atoms with E-state index in [9.17, 15) is 14.4 Å². The number of aryl methyl sites for hydroxylation is 2. The van der Waals surface area contributed by atoms with Crippen LogP contribution in [0.1, 0.15) is 61.2 Å². The quantitative estimate of drug-likeness (QED) is 0.698. The lowest BCUT2D eigenvalue weighted by Crippen LogP contribution is -2.46. The number of aromatic amines is 1. The van der Waals surface area contributed by atoms with Crippen molar-refractivity contribution >= 4 is 45.1 Å². The van der Waals surface area contributed by atoms with Crippen LogP contribution >= 0.6 is 23.1 Å². The molecule has 5 rings (SSSR count). The van der Waals surface area contributed by atoms with E-state index in [0.717, 1.165) is 68.3 Å². The summed E-state index contributed by atoms with van der Waals surface area (Å²) in [6.07, 6.45) is 9.33. The largest absolute Gasteiger partial charge is 0.342 e. The smallest absolute Gasteiger partial charge is 0.259 e. The summed E-state index contributed by atoms with van der Waals surface area (Å²) in [6, 6.07) is 0. The minimum absolute atomic E-state index is 0.0400. The summed E-state index contributed by atoms with van der Waals surface area (Å²) in [5.41, 5.74) is 1.16. The Balaban J connectivity index is 1.11. The minimum atomic E-state index is -0.0400. The molecule has 0 aromatic carbocycles. The number of amides is 2. The van der Waals surface area contributed by atoms with E-state index >= 15 is 0 Å². The van der Waals surface area contributed by atoms with Crippen molar-refractivity contribution in [1.29, 1.82) is 0 Å². The molecule has 178 valence electrons. The summed E-state index contributed by atoms with van der Waals surface area (Å²) in [5.74, 6) is 2.00. The van der Waals surface area contributed by atoms with Gasteiger partial charge in [0, 0.05) is 37.0 Å². The van der Waals surface area contributed by atoms with Crippen LogP contribution in [0, 0.1) is 5.92 Å². The maximum Gasteiger partial charge on any atom is 0.259 e. The van der Waals surface area contributed by atoms with E-state index < -0.39 is 0 Å². The van der Waals surface area contributed by atoms with E-state index in [0.29, 0.717) is 30.4 Å². The third-order valence-corrected chi connectivity index (χ3v) is 9.32. The standard InChI is InChI=1S/C24H32N4O3S2/c29-20(27-12-8-16(9-13-27)24(31)28-10-4-1-5-11-28)15-32-14-19-25-22(30)21-17-6-2-3-7-18(17)33-23(21)26-19/h16H,1-15H2,(H,25,26,30). The molecular formula is C24H32N4O3S2. The van der Waals surface area contributed by atoms with Crippen LogP contribution in [0.3, 0.4) is 0 Å². The molecule has 33 heavy (non-hydrogen) atoms. The first-order valence-electron chi connectivity index (χ1n) is 12.3. The number of carbonyl (C=O) groups excluding carboxylic acids is 2. The van der Waals surface area contributed by atoms with Gasteiger partial charge in [-0.1, -0.05) is 0 Å². The van der Waals surface area contributed by atoms with Crippen LogP contribution in [-0.2, 0) is 28.2 Å². The molecular weight excluding hydrogens is 456 g/mol. The molecule has 7 nitrogen and oxygen atoms in total. The molecule has 0 unspecified atom stereocenters. The molecule has 3 aliphatic rings. The highest BCUT2D eigenvalue weighted by Gasteiger charge is 2.30. The van der Waals surface area contributed by atoms with E-state index in [1.54, 1.807) is 11.3 Å². The third-order valence-electron chi connectivity index (χ3n) is 7.20. The molecule has 1 aliphatic carbocycles. The van der Waals surface area contributed by atoms with Gasteiger partial charge in [0.1, 0.15) is 10.7 Å². The molecule has 4 heterocycles. The second-order valence-electron chi connectivity index (χ2n) is 9.44. The number of thiophene rings is 1. The molecule has 2 amide bonds. The number of aromatic nitrogens is 2. The van der Waals surface area contributed by atoms with Crippen molar-refractivity contribution in [2.45, 2.75) is 63.5 Å². The second kappa shape index (κ2) is 10.2. The van der Waals surface area contributed by atoms with E-state index in [4.69, 9.17) is 4.98 Å². The van der Waals surface area contributed by atoms with Gasteiger partial charge in [0.05, 0.1) is 16.9 Å². The van der Waals surface area contributed by atoms with Crippen LogP contribution in [0.5, 0.6) is 0 Å². The lowest BCUT2D eigenvalue weighted by atomic mass is 9.94. The van der Waals surface area contributed by atoms with Crippen LogP contribution in [-0.4, -0.2) is 63.5 Å². The zero-order valence-corrected chi connectivity index (χ0v) is 20.7. The van der Waals surface area contributed by atoms with Gasteiger partial charge < -0.3 is 14.8 Å². The van der Waals surface area contributed by atoms with Gasteiger partial charge >= 0.3 is 0 Å². The Bertz CT molecular complexity index is 1080. The molecule has 0 radical (unpaired) electrons. The van der Waals surface area contributed by atoms with Crippen molar-refractivity contribution in [3.8, 4) is 0 Å². The van der Waals surface area contributed by atoms with Gasteiger partial charge in [-0.15, -0.1) is 23.1 Å². The first kappa shape index (κ1) is 22.9. The summed E-state index contributed by atoms with van der Waals surface area (Å²) < 4.78 is 0. The number of thioether (sulfide) groups is 1. The SMILES string of the molecule is O=C(CSCc1nc2sc3c(c2c(=O)[nH]1)CCCC3)N1CCC(C(=O)N2CCCCC2)CC1. The maximum atomic E-state index is 12.7. The monoisotopic (exact) mass is 488 g/mol. The Morgan fingerprint density at radius 3 is 2.55 bits per heavy atom. The van der Waals surface area contributed by atoms with Crippen molar-refractivity contribution in [1.82, 2.24) is 19.8 Å².